The first kappa shape index (κ1) is 25.5. The number of hydrogen-bond acceptors (Lipinski definition) is 4. The van der Waals surface area contributed by atoms with Crippen LogP contribution in [0.2, 0.25) is 0 Å². The lowest BCUT2D eigenvalue weighted by Gasteiger charge is -2.18. The molecular weight excluding hydrogens is 464 g/mol. The third-order valence-corrected chi connectivity index (χ3v) is 5.71. The monoisotopic (exact) mass is 494 g/mol. The molecule has 0 aromatic heterocycles. The maximum Gasteiger partial charge on any atom is 0.256 e. The van der Waals surface area contributed by atoms with Crippen LogP contribution in [0.5, 0.6) is 11.5 Å². The van der Waals surface area contributed by atoms with Crippen LogP contribution in [0.15, 0.2) is 97.1 Å². The largest absolute Gasteiger partial charge is 0.492 e. The second-order valence-electron chi connectivity index (χ2n) is 8.30. The van der Waals surface area contributed by atoms with Crippen LogP contribution in [0, 0.1) is 0 Å². The van der Waals surface area contributed by atoms with Crippen LogP contribution >= 0.6 is 0 Å². The van der Waals surface area contributed by atoms with E-state index in [1.54, 1.807) is 36.4 Å². The number of benzene rings is 4. The van der Waals surface area contributed by atoms with Gasteiger partial charge in [0, 0.05) is 23.3 Å². The number of hydrogen-bond donors (Lipinski definition) is 2. The summed E-state index contributed by atoms with van der Waals surface area (Å²) >= 11 is 0. The number of nitrogens with one attached hydrogen (secondary N) is 2. The highest BCUT2D eigenvalue weighted by molar-refractivity contribution is 6.08. The summed E-state index contributed by atoms with van der Waals surface area (Å²) in [6, 6.07) is 29.9. The smallest absolute Gasteiger partial charge is 0.256 e. The molecule has 6 heteroatoms. The Labute approximate surface area is 217 Å². The molecule has 0 fully saturated rings. The van der Waals surface area contributed by atoms with Gasteiger partial charge in [-0.25, -0.2) is 0 Å². The van der Waals surface area contributed by atoms with Gasteiger partial charge in [-0.3, -0.25) is 9.59 Å². The molecule has 0 atom stereocenters. The molecule has 2 N–H and O–H groups in total. The number of anilines is 2. The summed E-state index contributed by atoms with van der Waals surface area (Å²) < 4.78 is 11.7. The fraction of sp³-hybridized carbons (Fsp3) is 0.161. The topological polar surface area (TPSA) is 76.7 Å². The van der Waals surface area contributed by atoms with Gasteiger partial charge in [-0.15, -0.1) is 0 Å². The van der Waals surface area contributed by atoms with Crippen LogP contribution < -0.4 is 20.1 Å². The highest BCUT2D eigenvalue weighted by Gasteiger charge is 2.19. The summed E-state index contributed by atoms with van der Waals surface area (Å²) in [4.78, 5) is 26.2. The SMILES string of the molecule is CCOc1cc(NC(=O)c2ccccc2Cc2ccccc2)c(OCC)cc1NC(=O)c1ccccc1. The summed E-state index contributed by atoms with van der Waals surface area (Å²) in [6.45, 7) is 4.49. The molecule has 0 spiro atoms. The van der Waals surface area contributed by atoms with Crippen molar-refractivity contribution in [2.24, 2.45) is 0 Å². The minimum absolute atomic E-state index is 0.254. The van der Waals surface area contributed by atoms with E-state index in [-0.39, 0.29) is 11.8 Å². The Hall–Kier alpha value is -4.58. The molecule has 0 unspecified atom stereocenters. The average molecular weight is 495 g/mol. The fourth-order valence-electron chi connectivity index (χ4n) is 3.99. The van der Waals surface area contributed by atoms with E-state index in [9.17, 15) is 9.59 Å². The molecule has 0 aliphatic rings. The molecule has 4 aromatic rings. The highest BCUT2D eigenvalue weighted by Crippen LogP contribution is 2.37. The zero-order chi connectivity index (χ0) is 26.0. The van der Waals surface area contributed by atoms with Gasteiger partial charge in [-0.2, -0.15) is 0 Å². The van der Waals surface area contributed by atoms with Crippen molar-refractivity contribution in [3.63, 3.8) is 0 Å². The zero-order valence-corrected chi connectivity index (χ0v) is 21.0. The number of ether oxygens (including phenoxy) is 2. The van der Waals surface area contributed by atoms with Crippen LogP contribution in [0.3, 0.4) is 0 Å². The lowest BCUT2D eigenvalue weighted by Crippen LogP contribution is -2.17. The summed E-state index contributed by atoms with van der Waals surface area (Å²) in [5.74, 6) is 0.345. The quantitative estimate of drug-likeness (QED) is 0.261. The number of carbonyl (C=O) groups is 2. The van der Waals surface area contributed by atoms with Gasteiger partial charge in [0.05, 0.1) is 24.6 Å². The average Bonchev–Trinajstić information content (AvgIpc) is 2.92. The molecule has 0 radical (unpaired) electrons. The van der Waals surface area contributed by atoms with Gasteiger partial charge in [-0.05, 0) is 49.6 Å². The Morgan fingerprint density at radius 3 is 1.76 bits per heavy atom. The van der Waals surface area contributed by atoms with Crippen LogP contribution in [0.1, 0.15) is 45.7 Å². The zero-order valence-electron chi connectivity index (χ0n) is 21.0. The van der Waals surface area contributed by atoms with Gasteiger partial charge in [0.15, 0.2) is 0 Å². The molecular formula is C31H30N2O4. The van der Waals surface area contributed by atoms with Gasteiger partial charge < -0.3 is 20.1 Å². The second kappa shape index (κ2) is 12.4. The van der Waals surface area contributed by atoms with Crippen LogP contribution in [-0.2, 0) is 6.42 Å². The number of carbonyl (C=O) groups excluding carboxylic acids is 2. The summed E-state index contributed by atoms with van der Waals surface area (Å²) in [5.41, 5.74) is 4.06. The Bertz CT molecular complexity index is 1350. The van der Waals surface area contributed by atoms with Crippen LogP contribution in [0.25, 0.3) is 0 Å². The molecule has 4 rings (SSSR count). The summed E-state index contributed by atoms with van der Waals surface area (Å²) in [7, 11) is 0. The third kappa shape index (κ3) is 6.55. The maximum absolute atomic E-state index is 13.4. The van der Waals surface area contributed by atoms with E-state index in [0.717, 1.165) is 11.1 Å². The molecule has 4 aromatic carbocycles. The van der Waals surface area contributed by atoms with Crippen molar-refractivity contribution in [1.29, 1.82) is 0 Å². The van der Waals surface area contributed by atoms with E-state index in [1.165, 1.54) is 0 Å². The molecule has 6 nitrogen and oxygen atoms in total. The minimum Gasteiger partial charge on any atom is -0.492 e. The van der Waals surface area contributed by atoms with Gasteiger partial charge >= 0.3 is 0 Å². The highest BCUT2D eigenvalue weighted by atomic mass is 16.5. The molecule has 0 bridgehead atoms. The number of amides is 2. The molecule has 0 heterocycles. The van der Waals surface area contributed by atoms with Gasteiger partial charge in [0.2, 0.25) is 0 Å². The van der Waals surface area contributed by atoms with Gasteiger partial charge in [-0.1, -0.05) is 66.7 Å². The van der Waals surface area contributed by atoms with Crippen molar-refractivity contribution in [3.8, 4) is 11.5 Å². The lowest BCUT2D eigenvalue weighted by molar-refractivity contribution is 0.101. The first-order valence-corrected chi connectivity index (χ1v) is 12.3. The number of rotatable bonds is 10. The lowest BCUT2D eigenvalue weighted by atomic mass is 9.99. The molecule has 0 aliphatic carbocycles. The van der Waals surface area contributed by atoms with Gasteiger partial charge in [0.25, 0.3) is 11.8 Å². The van der Waals surface area contributed by atoms with Crippen LogP contribution in [0.4, 0.5) is 11.4 Å². The summed E-state index contributed by atoms with van der Waals surface area (Å²) in [5, 5.41) is 5.89. The first-order valence-electron chi connectivity index (χ1n) is 12.3. The van der Waals surface area contributed by atoms with Gasteiger partial charge in [0.1, 0.15) is 11.5 Å². The fourth-order valence-corrected chi connectivity index (χ4v) is 3.99. The van der Waals surface area contributed by atoms with Crippen molar-refractivity contribution in [1.82, 2.24) is 0 Å². The molecule has 188 valence electrons. The van der Waals surface area contributed by atoms with Crippen molar-refractivity contribution in [2.75, 3.05) is 23.8 Å². The van der Waals surface area contributed by atoms with E-state index in [1.807, 2.05) is 74.5 Å². The van der Waals surface area contributed by atoms with E-state index >= 15 is 0 Å². The Morgan fingerprint density at radius 1 is 0.649 bits per heavy atom. The van der Waals surface area contributed by atoms with Crippen molar-refractivity contribution in [2.45, 2.75) is 20.3 Å². The van der Waals surface area contributed by atoms with Crippen LogP contribution in [-0.4, -0.2) is 25.0 Å². The second-order valence-corrected chi connectivity index (χ2v) is 8.30. The normalized spacial score (nSPS) is 10.4. The van der Waals surface area contributed by atoms with Crippen molar-refractivity contribution in [3.05, 3.63) is 119 Å². The predicted octanol–water partition coefficient (Wildman–Crippen LogP) is 6.58. The standard InChI is InChI=1S/C31H30N2O4/c1-3-36-28-21-27(29(37-4-2)20-26(28)32-30(34)23-15-9-6-10-16-23)33-31(35)25-18-12-11-17-24(25)19-22-13-7-5-8-14-22/h5-18,20-21H,3-4,19H2,1-2H3,(H,32,34)(H,33,35). The molecule has 0 aliphatic heterocycles. The van der Waals surface area contributed by atoms with E-state index in [0.29, 0.717) is 53.6 Å². The third-order valence-electron chi connectivity index (χ3n) is 5.71. The summed E-state index contributed by atoms with van der Waals surface area (Å²) in [6.07, 6.45) is 0.636. The Kier molecular flexibility index (Phi) is 8.55. The van der Waals surface area contributed by atoms with Crippen molar-refractivity contribution >= 4 is 23.2 Å². The van der Waals surface area contributed by atoms with E-state index in [4.69, 9.17) is 9.47 Å². The van der Waals surface area contributed by atoms with Crippen molar-refractivity contribution < 1.29 is 19.1 Å². The first-order chi connectivity index (χ1) is 18.1. The van der Waals surface area contributed by atoms with E-state index in [2.05, 4.69) is 10.6 Å². The molecule has 37 heavy (non-hydrogen) atoms. The molecule has 0 saturated heterocycles. The minimum atomic E-state index is -0.268. The van der Waals surface area contributed by atoms with E-state index < -0.39 is 0 Å². The maximum atomic E-state index is 13.4. The Morgan fingerprint density at radius 2 is 1.16 bits per heavy atom. The molecule has 2 amide bonds. The molecule has 0 saturated carbocycles. The Balaban J connectivity index is 1.63. The predicted molar refractivity (Wildman–Crippen MR) is 147 cm³/mol.